The number of fused-ring (bicyclic) bond motifs is 1. The summed E-state index contributed by atoms with van der Waals surface area (Å²) in [7, 11) is 0. The zero-order chi connectivity index (χ0) is 16.9. The van der Waals surface area contributed by atoms with Gasteiger partial charge in [-0.3, -0.25) is 14.9 Å². The van der Waals surface area contributed by atoms with E-state index in [-0.39, 0.29) is 24.1 Å². The van der Waals surface area contributed by atoms with Crippen LogP contribution in [0, 0.1) is 10.1 Å². The summed E-state index contributed by atoms with van der Waals surface area (Å²) >= 11 is 0. The molecule has 6 heteroatoms. The minimum atomic E-state index is -0.468. The van der Waals surface area contributed by atoms with Crippen LogP contribution in [-0.2, 0) is 29.0 Å². The molecule has 2 aromatic rings. The van der Waals surface area contributed by atoms with Crippen LogP contribution in [0.3, 0.4) is 0 Å². The maximum atomic E-state index is 12.1. The van der Waals surface area contributed by atoms with Crippen LogP contribution >= 0.6 is 0 Å². The summed E-state index contributed by atoms with van der Waals surface area (Å²) in [6.07, 6.45) is 0.664. The maximum Gasteiger partial charge on any atom is 0.273 e. The molecule has 0 aliphatic carbocycles. The molecule has 124 valence electrons. The number of nitro groups is 1. The number of nitro benzene ring substituents is 1. The Bertz CT molecular complexity index is 760. The molecule has 6 nitrogen and oxygen atoms in total. The van der Waals surface area contributed by atoms with Crippen molar-refractivity contribution < 1.29 is 14.5 Å². The van der Waals surface area contributed by atoms with E-state index in [4.69, 9.17) is 4.74 Å². The van der Waals surface area contributed by atoms with E-state index in [1.54, 1.807) is 18.2 Å². The molecule has 0 aromatic heterocycles. The Morgan fingerprint density at radius 1 is 1.17 bits per heavy atom. The monoisotopic (exact) mass is 326 g/mol. The fourth-order valence-electron chi connectivity index (χ4n) is 2.84. The van der Waals surface area contributed by atoms with E-state index >= 15 is 0 Å². The zero-order valence-corrected chi connectivity index (χ0v) is 13.1. The summed E-state index contributed by atoms with van der Waals surface area (Å²) in [5, 5.41) is 13.8. The fourth-order valence-corrected chi connectivity index (χ4v) is 2.84. The first-order chi connectivity index (χ1) is 11.6. The molecule has 1 amide bonds. The Kier molecular flexibility index (Phi) is 4.86. The molecule has 1 unspecified atom stereocenters. The summed E-state index contributed by atoms with van der Waals surface area (Å²) in [4.78, 5) is 22.6. The molecule has 1 atom stereocenters. The van der Waals surface area contributed by atoms with Crippen molar-refractivity contribution in [2.24, 2.45) is 0 Å². The molecule has 0 bridgehead atoms. The van der Waals surface area contributed by atoms with Crippen LogP contribution in [0.2, 0.25) is 0 Å². The van der Waals surface area contributed by atoms with Gasteiger partial charge in [-0.2, -0.15) is 0 Å². The topological polar surface area (TPSA) is 81.5 Å². The Morgan fingerprint density at radius 3 is 2.67 bits per heavy atom. The predicted octanol–water partition coefficient (Wildman–Crippen LogP) is 2.40. The Hall–Kier alpha value is -2.73. The van der Waals surface area contributed by atoms with E-state index in [2.05, 4.69) is 11.4 Å². The number of rotatable bonds is 5. The number of amides is 1. The SMILES string of the molecule is O=C(Cc1ccccc1[N+](=O)[O-])NCC1Cc2ccccc2CO1. The molecule has 0 radical (unpaired) electrons. The lowest BCUT2D eigenvalue weighted by molar-refractivity contribution is -0.385. The quantitative estimate of drug-likeness (QED) is 0.676. The lowest BCUT2D eigenvalue weighted by atomic mass is 9.99. The van der Waals surface area contributed by atoms with Gasteiger partial charge in [0.25, 0.3) is 5.69 Å². The predicted molar refractivity (Wildman–Crippen MR) is 88.5 cm³/mol. The third kappa shape index (κ3) is 3.78. The van der Waals surface area contributed by atoms with Gasteiger partial charge in [-0.15, -0.1) is 0 Å². The molecular weight excluding hydrogens is 308 g/mol. The average Bonchev–Trinajstić information content (AvgIpc) is 2.60. The summed E-state index contributed by atoms with van der Waals surface area (Å²) < 4.78 is 5.74. The molecule has 1 aliphatic heterocycles. The molecular formula is C18H18N2O4. The van der Waals surface area contributed by atoms with Crippen molar-refractivity contribution in [1.82, 2.24) is 5.32 Å². The van der Waals surface area contributed by atoms with Crippen LogP contribution in [0.5, 0.6) is 0 Å². The molecule has 1 aliphatic rings. The van der Waals surface area contributed by atoms with Crippen LogP contribution in [0.4, 0.5) is 5.69 Å². The van der Waals surface area contributed by atoms with Crippen molar-refractivity contribution in [3.63, 3.8) is 0 Å². The van der Waals surface area contributed by atoms with Gasteiger partial charge in [-0.1, -0.05) is 42.5 Å². The third-order valence-corrected chi connectivity index (χ3v) is 4.11. The van der Waals surface area contributed by atoms with Crippen LogP contribution in [0.1, 0.15) is 16.7 Å². The van der Waals surface area contributed by atoms with Gasteiger partial charge < -0.3 is 10.1 Å². The number of hydrogen-bond donors (Lipinski definition) is 1. The van der Waals surface area contributed by atoms with Crippen molar-refractivity contribution in [3.8, 4) is 0 Å². The molecule has 0 spiro atoms. The minimum Gasteiger partial charge on any atom is -0.371 e. The first kappa shape index (κ1) is 16.1. The molecule has 1 heterocycles. The van der Waals surface area contributed by atoms with Gasteiger partial charge >= 0.3 is 0 Å². The highest BCUT2D eigenvalue weighted by Crippen LogP contribution is 2.20. The highest BCUT2D eigenvalue weighted by atomic mass is 16.6. The summed E-state index contributed by atoms with van der Waals surface area (Å²) in [5.74, 6) is -0.244. The standard InChI is InChI=1S/C18H18N2O4/c21-18(10-14-6-3-4-8-17(14)20(22)23)19-11-16-9-13-5-1-2-7-15(13)12-24-16/h1-8,16H,9-12H2,(H,19,21). The maximum absolute atomic E-state index is 12.1. The smallest absolute Gasteiger partial charge is 0.273 e. The fraction of sp³-hybridized carbons (Fsp3) is 0.278. The van der Waals surface area contributed by atoms with Gasteiger partial charge in [0.2, 0.25) is 5.91 Å². The number of hydrogen-bond acceptors (Lipinski definition) is 4. The van der Waals surface area contributed by atoms with Crippen molar-refractivity contribution >= 4 is 11.6 Å². The van der Waals surface area contributed by atoms with Gasteiger partial charge in [0.15, 0.2) is 0 Å². The highest BCUT2D eigenvalue weighted by Gasteiger charge is 2.20. The zero-order valence-electron chi connectivity index (χ0n) is 13.1. The second-order valence-electron chi connectivity index (χ2n) is 5.77. The first-order valence-electron chi connectivity index (χ1n) is 7.81. The summed E-state index contributed by atoms with van der Waals surface area (Å²) in [6.45, 7) is 0.939. The van der Waals surface area contributed by atoms with Crippen LogP contribution in [0.25, 0.3) is 0 Å². The van der Waals surface area contributed by atoms with E-state index < -0.39 is 4.92 Å². The average molecular weight is 326 g/mol. The molecule has 0 saturated carbocycles. The van der Waals surface area contributed by atoms with Crippen molar-refractivity contribution in [2.75, 3.05) is 6.54 Å². The Balaban J connectivity index is 1.55. The van der Waals surface area contributed by atoms with E-state index in [0.29, 0.717) is 18.7 Å². The first-order valence-corrected chi connectivity index (χ1v) is 7.81. The van der Waals surface area contributed by atoms with E-state index in [1.165, 1.54) is 17.2 Å². The lowest BCUT2D eigenvalue weighted by Gasteiger charge is -2.25. The summed E-state index contributed by atoms with van der Waals surface area (Å²) in [5.41, 5.74) is 2.80. The molecule has 24 heavy (non-hydrogen) atoms. The summed E-state index contributed by atoms with van der Waals surface area (Å²) in [6, 6.07) is 14.4. The largest absolute Gasteiger partial charge is 0.371 e. The van der Waals surface area contributed by atoms with Gasteiger partial charge in [0.05, 0.1) is 24.1 Å². The van der Waals surface area contributed by atoms with E-state index in [1.807, 2.05) is 18.2 Å². The number of carbonyl (C=O) groups is 1. The number of benzene rings is 2. The number of nitrogens with one attached hydrogen (secondary N) is 1. The van der Waals surface area contributed by atoms with Crippen molar-refractivity contribution in [2.45, 2.75) is 25.6 Å². The molecule has 1 N–H and O–H groups in total. The minimum absolute atomic E-state index is 0.0134. The second-order valence-corrected chi connectivity index (χ2v) is 5.77. The number of para-hydroxylation sites is 1. The third-order valence-electron chi connectivity index (χ3n) is 4.11. The van der Waals surface area contributed by atoms with Crippen molar-refractivity contribution in [1.29, 1.82) is 0 Å². The number of nitrogens with zero attached hydrogens (tertiary/aromatic N) is 1. The van der Waals surface area contributed by atoms with Crippen molar-refractivity contribution in [3.05, 3.63) is 75.3 Å². The molecule has 2 aromatic carbocycles. The van der Waals surface area contributed by atoms with Crippen LogP contribution < -0.4 is 5.32 Å². The highest BCUT2D eigenvalue weighted by molar-refractivity contribution is 5.79. The van der Waals surface area contributed by atoms with Crippen LogP contribution in [-0.4, -0.2) is 23.5 Å². The molecule has 3 rings (SSSR count). The second kappa shape index (κ2) is 7.23. The van der Waals surface area contributed by atoms with Gasteiger partial charge in [-0.25, -0.2) is 0 Å². The van der Waals surface area contributed by atoms with E-state index in [9.17, 15) is 14.9 Å². The normalized spacial score (nSPS) is 16.2. The van der Waals surface area contributed by atoms with E-state index in [0.717, 1.165) is 6.42 Å². The lowest BCUT2D eigenvalue weighted by Crippen LogP contribution is -2.37. The Morgan fingerprint density at radius 2 is 1.88 bits per heavy atom. The van der Waals surface area contributed by atoms with Crippen LogP contribution in [0.15, 0.2) is 48.5 Å². The Labute approximate surface area is 139 Å². The van der Waals surface area contributed by atoms with Gasteiger partial charge in [0.1, 0.15) is 0 Å². The molecule has 0 fully saturated rings. The molecule has 0 saturated heterocycles. The number of carbonyl (C=O) groups excluding carboxylic acids is 1. The van der Waals surface area contributed by atoms with Gasteiger partial charge in [0, 0.05) is 24.6 Å². The van der Waals surface area contributed by atoms with Gasteiger partial charge in [-0.05, 0) is 11.1 Å². The number of ether oxygens (including phenoxy) is 1.